The zero-order valence-corrected chi connectivity index (χ0v) is 13.2. The number of benzene rings is 1. The lowest BCUT2D eigenvalue weighted by molar-refractivity contribution is -0.142. The fraction of sp³-hybridized carbons (Fsp3) is 0.500. The SMILES string of the molecule is CC(CN)C(=O)N1CCN(C(=O)COc2ccc(F)cc2)CC1. The number of carbonyl (C=O) groups excluding carboxylic acids is 2. The second kappa shape index (κ2) is 7.92. The van der Waals surface area contributed by atoms with Crippen LogP contribution in [0.25, 0.3) is 0 Å². The summed E-state index contributed by atoms with van der Waals surface area (Å²) in [6, 6.07) is 5.52. The highest BCUT2D eigenvalue weighted by Gasteiger charge is 2.26. The molecule has 1 aromatic carbocycles. The summed E-state index contributed by atoms with van der Waals surface area (Å²) in [7, 11) is 0. The van der Waals surface area contributed by atoms with Gasteiger partial charge in [0.15, 0.2) is 6.61 Å². The molecular weight excluding hydrogens is 301 g/mol. The Morgan fingerprint density at radius 1 is 1.17 bits per heavy atom. The maximum atomic E-state index is 12.8. The minimum Gasteiger partial charge on any atom is -0.484 e. The first-order valence-electron chi connectivity index (χ1n) is 7.66. The summed E-state index contributed by atoms with van der Waals surface area (Å²) < 4.78 is 18.1. The molecule has 2 rings (SSSR count). The molecule has 0 radical (unpaired) electrons. The van der Waals surface area contributed by atoms with Crippen LogP contribution in [-0.2, 0) is 9.59 Å². The molecule has 1 saturated heterocycles. The van der Waals surface area contributed by atoms with Crippen LogP contribution in [0.15, 0.2) is 24.3 Å². The second-order valence-electron chi connectivity index (χ2n) is 5.59. The van der Waals surface area contributed by atoms with Crippen molar-refractivity contribution in [3.8, 4) is 5.75 Å². The van der Waals surface area contributed by atoms with Crippen LogP contribution in [0.3, 0.4) is 0 Å². The molecule has 1 fully saturated rings. The summed E-state index contributed by atoms with van der Waals surface area (Å²) in [6.07, 6.45) is 0. The maximum absolute atomic E-state index is 12.8. The Labute approximate surface area is 135 Å². The molecule has 0 aliphatic carbocycles. The van der Waals surface area contributed by atoms with Crippen molar-refractivity contribution in [2.24, 2.45) is 11.7 Å². The third kappa shape index (κ3) is 4.66. The summed E-state index contributed by atoms with van der Waals surface area (Å²) in [5.41, 5.74) is 5.51. The molecule has 126 valence electrons. The van der Waals surface area contributed by atoms with E-state index in [1.807, 2.05) is 0 Å². The van der Waals surface area contributed by atoms with Crippen LogP contribution in [0.1, 0.15) is 6.92 Å². The molecule has 1 aromatic rings. The zero-order chi connectivity index (χ0) is 16.8. The Bertz CT molecular complexity index is 542. The van der Waals surface area contributed by atoms with Gasteiger partial charge in [0.1, 0.15) is 11.6 Å². The molecule has 2 N–H and O–H groups in total. The Morgan fingerprint density at radius 2 is 1.74 bits per heavy atom. The smallest absolute Gasteiger partial charge is 0.260 e. The highest BCUT2D eigenvalue weighted by Crippen LogP contribution is 2.12. The molecule has 6 nitrogen and oxygen atoms in total. The van der Waals surface area contributed by atoms with E-state index in [0.29, 0.717) is 38.5 Å². The van der Waals surface area contributed by atoms with E-state index in [-0.39, 0.29) is 30.2 Å². The van der Waals surface area contributed by atoms with Crippen LogP contribution in [-0.4, -0.2) is 60.9 Å². The number of ether oxygens (including phenoxy) is 1. The van der Waals surface area contributed by atoms with Gasteiger partial charge in [0.25, 0.3) is 5.91 Å². The van der Waals surface area contributed by atoms with Crippen LogP contribution < -0.4 is 10.5 Å². The summed E-state index contributed by atoms with van der Waals surface area (Å²) in [6.45, 7) is 4.00. The minimum absolute atomic E-state index is 0.0298. The Kier molecular flexibility index (Phi) is 5.92. The number of piperazine rings is 1. The van der Waals surface area contributed by atoms with E-state index in [0.717, 1.165) is 0 Å². The summed E-state index contributed by atoms with van der Waals surface area (Å²) in [4.78, 5) is 27.5. The summed E-state index contributed by atoms with van der Waals surface area (Å²) in [5.74, 6) is -0.212. The average Bonchev–Trinajstić information content (AvgIpc) is 2.59. The molecule has 2 amide bonds. The molecule has 0 saturated carbocycles. The van der Waals surface area contributed by atoms with Crippen LogP contribution in [0.2, 0.25) is 0 Å². The van der Waals surface area contributed by atoms with Gasteiger partial charge in [-0.05, 0) is 24.3 Å². The van der Waals surface area contributed by atoms with Crippen LogP contribution in [0, 0.1) is 11.7 Å². The van der Waals surface area contributed by atoms with Crippen molar-refractivity contribution in [1.82, 2.24) is 9.80 Å². The summed E-state index contributed by atoms with van der Waals surface area (Å²) in [5, 5.41) is 0. The van der Waals surface area contributed by atoms with Gasteiger partial charge in [-0.3, -0.25) is 9.59 Å². The van der Waals surface area contributed by atoms with Gasteiger partial charge in [-0.15, -0.1) is 0 Å². The average molecular weight is 323 g/mol. The third-order valence-electron chi connectivity index (χ3n) is 3.90. The summed E-state index contributed by atoms with van der Waals surface area (Å²) >= 11 is 0. The van der Waals surface area contributed by atoms with Crippen molar-refractivity contribution in [2.45, 2.75) is 6.92 Å². The predicted molar refractivity (Wildman–Crippen MR) is 83.3 cm³/mol. The first-order valence-corrected chi connectivity index (χ1v) is 7.66. The maximum Gasteiger partial charge on any atom is 0.260 e. The molecular formula is C16H22FN3O3. The van der Waals surface area contributed by atoms with E-state index < -0.39 is 0 Å². The van der Waals surface area contributed by atoms with Crippen molar-refractivity contribution in [1.29, 1.82) is 0 Å². The highest BCUT2D eigenvalue weighted by molar-refractivity contribution is 5.80. The van der Waals surface area contributed by atoms with E-state index in [4.69, 9.17) is 10.5 Å². The van der Waals surface area contributed by atoms with Crippen LogP contribution in [0.4, 0.5) is 4.39 Å². The van der Waals surface area contributed by atoms with E-state index >= 15 is 0 Å². The van der Waals surface area contributed by atoms with E-state index in [2.05, 4.69) is 0 Å². The Morgan fingerprint density at radius 3 is 2.30 bits per heavy atom. The fourth-order valence-electron chi connectivity index (χ4n) is 2.36. The molecule has 1 unspecified atom stereocenters. The first kappa shape index (κ1) is 17.2. The number of nitrogens with two attached hydrogens (primary N) is 1. The number of amides is 2. The van der Waals surface area contributed by atoms with Gasteiger partial charge in [0.05, 0.1) is 0 Å². The second-order valence-corrected chi connectivity index (χ2v) is 5.59. The number of nitrogens with zero attached hydrogens (tertiary/aromatic N) is 2. The molecule has 0 spiro atoms. The van der Waals surface area contributed by atoms with Gasteiger partial charge >= 0.3 is 0 Å². The lowest BCUT2D eigenvalue weighted by atomic mass is 10.1. The van der Waals surface area contributed by atoms with Crippen molar-refractivity contribution < 1.29 is 18.7 Å². The van der Waals surface area contributed by atoms with Crippen molar-refractivity contribution in [3.63, 3.8) is 0 Å². The van der Waals surface area contributed by atoms with Crippen molar-refractivity contribution in [2.75, 3.05) is 39.3 Å². The molecule has 0 aromatic heterocycles. The molecule has 23 heavy (non-hydrogen) atoms. The van der Waals surface area contributed by atoms with E-state index in [9.17, 15) is 14.0 Å². The number of halogens is 1. The Hall–Kier alpha value is -2.15. The Balaban J connectivity index is 1.77. The van der Waals surface area contributed by atoms with Crippen molar-refractivity contribution >= 4 is 11.8 Å². The fourth-order valence-corrected chi connectivity index (χ4v) is 2.36. The first-order chi connectivity index (χ1) is 11.0. The predicted octanol–water partition coefficient (Wildman–Crippen LogP) is 0.470. The highest BCUT2D eigenvalue weighted by atomic mass is 19.1. The molecule has 1 atom stereocenters. The van der Waals surface area contributed by atoms with Crippen molar-refractivity contribution in [3.05, 3.63) is 30.1 Å². The number of carbonyl (C=O) groups is 2. The topological polar surface area (TPSA) is 75.9 Å². The molecule has 0 bridgehead atoms. The van der Waals surface area contributed by atoms with Gasteiger partial charge in [-0.2, -0.15) is 0 Å². The molecule has 1 aliphatic heterocycles. The third-order valence-corrected chi connectivity index (χ3v) is 3.90. The molecule has 1 heterocycles. The van der Waals surface area contributed by atoms with E-state index in [1.165, 1.54) is 24.3 Å². The van der Waals surface area contributed by atoms with E-state index in [1.54, 1.807) is 16.7 Å². The zero-order valence-electron chi connectivity index (χ0n) is 13.2. The normalized spacial score (nSPS) is 16.1. The lowest BCUT2D eigenvalue weighted by Gasteiger charge is -2.35. The van der Waals surface area contributed by atoms with Gasteiger partial charge < -0.3 is 20.3 Å². The van der Waals surface area contributed by atoms with Gasteiger partial charge in [-0.25, -0.2) is 4.39 Å². The lowest BCUT2D eigenvalue weighted by Crippen LogP contribution is -2.53. The van der Waals surface area contributed by atoms with Crippen LogP contribution in [0.5, 0.6) is 5.75 Å². The van der Waals surface area contributed by atoms with Crippen LogP contribution >= 0.6 is 0 Å². The number of hydrogen-bond acceptors (Lipinski definition) is 4. The number of rotatable bonds is 5. The van der Waals surface area contributed by atoms with Gasteiger partial charge in [-0.1, -0.05) is 6.92 Å². The standard InChI is InChI=1S/C16H22FN3O3/c1-12(10-18)16(22)20-8-6-19(7-9-20)15(21)11-23-14-4-2-13(17)3-5-14/h2-5,12H,6-11,18H2,1H3. The molecule has 7 heteroatoms. The minimum atomic E-state index is -0.351. The quantitative estimate of drug-likeness (QED) is 0.855. The van der Waals surface area contributed by atoms with Gasteiger partial charge in [0.2, 0.25) is 5.91 Å². The monoisotopic (exact) mass is 323 g/mol. The largest absolute Gasteiger partial charge is 0.484 e. The van der Waals surface area contributed by atoms with Gasteiger partial charge in [0, 0.05) is 38.6 Å². The number of hydrogen-bond donors (Lipinski definition) is 1. The molecule has 1 aliphatic rings.